The van der Waals surface area contributed by atoms with E-state index in [9.17, 15) is 0 Å². The summed E-state index contributed by atoms with van der Waals surface area (Å²) in [4.78, 5) is 11.6. The standard InChI is InChI=1S/C15H22N4S2/c1-3-10-8-12-13(17-9-11-6-4-5-7-20-11)18-15(16-2)19-14(12)21-10/h8,11H,3-7,9H2,1-2H3,(H2,16,17,18,19). The van der Waals surface area contributed by atoms with E-state index in [2.05, 4.69) is 45.4 Å². The van der Waals surface area contributed by atoms with Crippen LogP contribution in [-0.2, 0) is 6.42 Å². The summed E-state index contributed by atoms with van der Waals surface area (Å²) >= 11 is 3.85. The van der Waals surface area contributed by atoms with E-state index in [1.165, 1.54) is 29.9 Å². The fourth-order valence-electron chi connectivity index (χ4n) is 2.57. The molecule has 0 bridgehead atoms. The lowest BCUT2D eigenvalue weighted by molar-refractivity contribution is 0.677. The second-order valence-electron chi connectivity index (χ2n) is 5.30. The number of hydrogen-bond donors (Lipinski definition) is 2. The van der Waals surface area contributed by atoms with E-state index in [1.807, 2.05) is 7.05 Å². The predicted molar refractivity (Wildman–Crippen MR) is 94.9 cm³/mol. The van der Waals surface area contributed by atoms with E-state index >= 15 is 0 Å². The predicted octanol–water partition coefficient (Wildman–Crippen LogP) is 3.99. The zero-order valence-corrected chi connectivity index (χ0v) is 14.2. The molecule has 0 saturated carbocycles. The Morgan fingerprint density at radius 2 is 2.24 bits per heavy atom. The summed E-state index contributed by atoms with van der Waals surface area (Å²) in [6.45, 7) is 3.18. The molecule has 0 radical (unpaired) electrons. The first-order chi connectivity index (χ1) is 10.3. The van der Waals surface area contributed by atoms with Crippen LogP contribution >= 0.6 is 23.1 Å². The maximum atomic E-state index is 4.62. The van der Waals surface area contributed by atoms with E-state index in [4.69, 9.17) is 0 Å². The average molecular weight is 323 g/mol. The number of aromatic nitrogens is 2. The summed E-state index contributed by atoms with van der Waals surface area (Å²) in [5, 5.41) is 8.51. The molecule has 21 heavy (non-hydrogen) atoms. The fraction of sp³-hybridized carbons (Fsp3) is 0.600. The monoisotopic (exact) mass is 322 g/mol. The number of rotatable bonds is 5. The highest BCUT2D eigenvalue weighted by Crippen LogP contribution is 2.31. The number of thiophene rings is 1. The van der Waals surface area contributed by atoms with Crippen molar-refractivity contribution in [3.05, 3.63) is 10.9 Å². The molecule has 2 aromatic rings. The van der Waals surface area contributed by atoms with Crippen LogP contribution in [0.3, 0.4) is 0 Å². The molecule has 0 spiro atoms. The lowest BCUT2D eigenvalue weighted by Crippen LogP contribution is -2.20. The zero-order valence-electron chi connectivity index (χ0n) is 12.6. The Labute approximate surface area is 134 Å². The van der Waals surface area contributed by atoms with Gasteiger partial charge >= 0.3 is 0 Å². The molecule has 0 aromatic carbocycles. The fourth-order valence-corrected chi connectivity index (χ4v) is 4.78. The van der Waals surface area contributed by atoms with Crippen molar-refractivity contribution in [3.63, 3.8) is 0 Å². The maximum absolute atomic E-state index is 4.62. The maximum Gasteiger partial charge on any atom is 0.225 e. The topological polar surface area (TPSA) is 49.8 Å². The highest BCUT2D eigenvalue weighted by molar-refractivity contribution is 7.99. The molecule has 3 heterocycles. The molecule has 1 saturated heterocycles. The van der Waals surface area contributed by atoms with E-state index in [1.54, 1.807) is 11.3 Å². The Morgan fingerprint density at radius 1 is 1.33 bits per heavy atom. The third-order valence-electron chi connectivity index (χ3n) is 3.79. The molecule has 6 heteroatoms. The van der Waals surface area contributed by atoms with E-state index in [-0.39, 0.29) is 0 Å². The molecule has 2 aromatic heterocycles. The second-order valence-corrected chi connectivity index (χ2v) is 7.82. The number of nitrogens with one attached hydrogen (secondary N) is 2. The molecule has 2 N–H and O–H groups in total. The minimum atomic E-state index is 0.700. The van der Waals surface area contributed by atoms with Gasteiger partial charge in [-0.25, -0.2) is 4.98 Å². The largest absolute Gasteiger partial charge is 0.368 e. The summed E-state index contributed by atoms with van der Waals surface area (Å²) < 4.78 is 0. The van der Waals surface area contributed by atoms with Crippen molar-refractivity contribution in [2.45, 2.75) is 37.9 Å². The highest BCUT2D eigenvalue weighted by Gasteiger charge is 2.16. The molecule has 114 valence electrons. The van der Waals surface area contributed by atoms with Gasteiger partial charge < -0.3 is 10.6 Å². The van der Waals surface area contributed by atoms with Crippen molar-refractivity contribution < 1.29 is 0 Å². The summed E-state index contributed by atoms with van der Waals surface area (Å²) in [6, 6.07) is 2.23. The van der Waals surface area contributed by atoms with Gasteiger partial charge in [-0.05, 0) is 31.1 Å². The molecule has 1 aliphatic heterocycles. The van der Waals surface area contributed by atoms with Gasteiger partial charge in [-0.15, -0.1) is 11.3 Å². The van der Waals surface area contributed by atoms with Crippen LogP contribution in [0.25, 0.3) is 10.2 Å². The second kappa shape index (κ2) is 6.83. The van der Waals surface area contributed by atoms with Crippen LogP contribution in [0.4, 0.5) is 11.8 Å². The van der Waals surface area contributed by atoms with E-state index < -0.39 is 0 Å². The van der Waals surface area contributed by atoms with E-state index in [0.717, 1.165) is 29.0 Å². The summed E-state index contributed by atoms with van der Waals surface area (Å²) in [6.07, 6.45) is 5.09. The Kier molecular flexibility index (Phi) is 4.85. The van der Waals surface area contributed by atoms with Crippen molar-refractivity contribution in [2.24, 2.45) is 0 Å². The van der Waals surface area contributed by atoms with Crippen LogP contribution in [0.5, 0.6) is 0 Å². The minimum Gasteiger partial charge on any atom is -0.368 e. The SMILES string of the molecule is CCc1cc2c(NCC3CCCCS3)nc(NC)nc2s1. The van der Waals surface area contributed by atoms with Gasteiger partial charge in [0.05, 0.1) is 5.39 Å². The molecule has 4 nitrogen and oxygen atoms in total. The molecule has 1 aliphatic rings. The lowest BCUT2D eigenvalue weighted by atomic mass is 10.2. The molecule has 1 fully saturated rings. The first-order valence-corrected chi connectivity index (χ1v) is 9.50. The number of nitrogens with zero attached hydrogens (tertiary/aromatic N) is 2. The molecule has 3 rings (SSSR count). The summed E-state index contributed by atoms with van der Waals surface area (Å²) in [7, 11) is 1.87. The van der Waals surface area contributed by atoms with Gasteiger partial charge in [0.25, 0.3) is 0 Å². The Hall–Kier alpha value is -1.01. The third kappa shape index (κ3) is 3.43. The van der Waals surface area contributed by atoms with Crippen LogP contribution in [0, 0.1) is 0 Å². The van der Waals surface area contributed by atoms with Crippen LogP contribution in [0.15, 0.2) is 6.07 Å². The molecule has 0 aliphatic carbocycles. The van der Waals surface area contributed by atoms with Crippen molar-refractivity contribution in [1.29, 1.82) is 0 Å². The molecular formula is C15H22N4S2. The van der Waals surface area contributed by atoms with E-state index in [0.29, 0.717) is 11.2 Å². The summed E-state index contributed by atoms with van der Waals surface area (Å²) in [5.41, 5.74) is 0. The molecule has 1 unspecified atom stereocenters. The van der Waals surface area contributed by atoms with Gasteiger partial charge in [-0.1, -0.05) is 13.3 Å². The Balaban J connectivity index is 1.82. The molecular weight excluding hydrogens is 300 g/mol. The van der Waals surface area contributed by atoms with Gasteiger partial charge in [-0.2, -0.15) is 16.7 Å². The number of hydrogen-bond acceptors (Lipinski definition) is 6. The first-order valence-electron chi connectivity index (χ1n) is 7.64. The highest BCUT2D eigenvalue weighted by atomic mass is 32.2. The lowest BCUT2D eigenvalue weighted by Gasteiger charge is -2.21. The minimum absolute atomic E-state index is 0.700. The van der Waals surface area contributed by atoms with Gasteiger partial charge in [0, 0.05) is 23.7 Å². The summed E-state index contributed by atoms with van der Waals surface area (Å²) in [5.74, 6) is 2.98. The van der Waals surface area contributed by atoms with Crippen LogP contribution in [0.2, 0.25) is 0 Å². The number of fused-ring (bicyclic) bond motifs is 1. The quantitative estimate of drug-likeness (QED) is 0.871. The zero-order chi connectivity index (χ0) is 14.7. The van der Waals surface area contributed by atoms with Gasteiger partial charge in [0.2, 0.25) is 5.95 Å². The number of thioether (sulfide) groups is 1. The van der Waals surface area contributed by atoms with Crippen molar-refractivity contribution >= 4 is 45.1 Å². The molecule has 1 atom stereocenters. The van der Waals surface area contributed by atoms with Gasteiger partial charge in [0.1, 0.15) is 10.6 Å². The number of aryl methyl sites for hydroxylation is 1. The average Bonchev–Trinajstić information content (AvgIpc) is 2.96. The van der Waals surface area contributed by atoms with Gasteiger partial charge in [-0.3, -0.25) is 0 Å². The number of anilines is 2. The van der Waals surface area contributed by atoms with Crippen LogP contribution in [-0.4, -0.2) is 34.6 Å². The first kappa shape index (κ1) is 14.9. The van der Waals surface area contributed by atoms with Crippen LogP contribution < -0.4 is 10.6 Å². The Bertz CT molecular complexity index is 605. The van der Waals surface area contributed by atoms with Crippen molar-refractivity contribution in [1.82, 2.24) is 9.97 Å². The van der Waals surface area contributed by atoms with Crippen LogP contribution in [0.1, 0.15) is 31.1 Å². The Morgan fingerprint density at radius 3 is 2.95 bits per heavy atom. The van der Waals surface area contributed by atoms with Gasteiger partial charge in [0.15, 0.2) is 0 Å². The normalized spacial score (nSPS) is 18.9. The smallest absolute Gasteiger partial charge is 0.225 e. The molecule has 0 amide bonds. The van der Waals surface area contributed by atoms with Crippen molar-refractivity contribution in [2.75, 3.05) is 30.0 Å². The third-order valence-corrected chi connectivity index (χ3v) is 6.36. The van der Waals surface area contributed by atoms with Crippen molar-refractivity contribution in [3.8, 4) is 0 Å².